The molecule has 4 aromatic carbocycles. The van der Waals surface area contributed by atoms with Crippen molar-refractivity contribution in [3.05, 3.63) is 113 Å². The van der Waals surface area contributed by atoms with Gasteiger partial charge in [-0.3, -0.25) is 19.4 Å². The molecular formula is C58H73N7O10S2. The molecule has 1 aliphatic carbocycles. The second-order valence-corrected chi connectivity index (χ2v) is 25.1. The van der Waals surface area contributed by atoms with Crippen molar-refractivity contribution >= 4 is 71.4 Å². The number of rotatable bonds is 23. The third-order valence-corrected chi connectivity index (χ3v) is 17.4. The minimum Gasteiger partial charge on any atom is -0.491 e. The lowest BCUT2D eigenvalue weighted by Gasteiger charge is -2.41. The molecule has 19 heteroatoms. The molecule has 3 heterocycles. The maximum absolute atomic E-state index is 14.7. The lowest BCUT2D eigenvalue weighted by atomic mass is 9.83. The predicted octanol–water partition coefficient (Wildman–Crippen LogP) is 8.25. The largest absolute Gasteiger partial charge is 0.491 e. The minimum atomic E-state index is -3.83. The van der Waals surface area contributed by atoms with Crippen LogP contribution in [-0.4, -0.2) is 124 Å². The molecule has 4 atom stereocenters. The van der Waals surface area contributed by atoms with Crippen molar-refractivity contribution in [2.75, 3.05) is 65.2 Å². The van der Waals surface area contributed by atoms with Gasteiger partial charge in [0.25, 0.3) is 0 Å². The number of hydrogen-bond donors (Lipinski definition) is 4. The Bertz CT molecular complexity index is 3150. The number of hydrogen-bond acceptors (Lipinski definition) is 15. The van der Waals surface area contributed by atoms with Gasteiger partial charge in [0.05, 0.1) is 77.7 Å². The molecule has 0 fully saturated rings. The van der Waals surface area contributed by atoms with E-state index in [9.17, 15) is 22.8 Å². The van der Waals surface area contributed by atoms with Gasteiger partial charge in [-0.2, -0.15) is 0 Å². The molecule has 412 valence electrons. The number of aromatic nitrogens is 2. The number of anilines is 2. The maximum atomic E-state index is 14.7. The summed E-state index contributed by atoms with van der Waals surface area (Å²) in [4.78, 5) is 52.9. The van der Waals surface area contributed by atoms with Crippen molar-refractivity contribution < 1.29 is 46.5 Å². The summed E-state index contributed by atoms with van der Waals surface area (Å²) in [6, 6.07) is 22.6. The van der Waals surface area contributed by atoms with E-state index >= 15 is 0 Å². The third kappa shape index (κ3) is 13.9. The summed E-state index contributed by atoms with van der Waals surface area (Å²) in [6.45, 7) is 14.8. The summed E-state index contributed by atoms with van der Waals surface area (Å²) in [7, 11) is -2.13. The van der Waals surface area contributed by atoms with E-state index in [4.69, 9.17) is 23.7 Å². The predicted molar refractivity (Wildman–Crippen MR) is 300 cm³/mol. The van der Waals surface area contributed by atoms with Gasteiger partial charge in [0.15, 0.2) is 9.84 Å². The van der Waals surface area contributed by atoms with Crippen LogP contribution in [0.3, 0.4) is 0 Å². The van der Waals surface area contributed by atoms with Gasteiger partial charge in [-0.25, -0.2) is 13.4 Å². The number of amides is 3. The van der Waals surface area contributed by atoms with E-state index in [1.807, 2.05) is 75.4 Å². The first kappa shape index (κ1) is 57.0. The zero-order valence-electron chi connectivity index (χ0n) is 45.4. The molecule has 8 rings (SSSR count). The van der Waals surface area contributed by atoms with Crippen LogP contribution in [0.5, 0.6) is 11.5 Å². The number of pyridine rings is 1. The molecule has 4 N–H and O–H groups in total. The first-order valence-electron chi connectivity index (χ1n) is 26.4. The molecule has 77 heavy (non-hydrogen) atoms. The first-order chi connectivity index (χ1) is 36.8. The van der Waals surface area contributed by atoms with Crippen LogP contribution in [0.4, 0.5) is 11.4 Å². The molecular weight excluding hydrogens is 1020 g/mol. The number of carbonyl (C=O) groups excluding carboxylic acids is 3. The number of benzene rings is 4. The van der Waals surface area contributed by atoms with Crippen LogP contribution in [0.1, 0.15) is 89.6 Å². The second-order valence-electron chi connectivity index (χ2n) is 21.6. The number of fused-ring (bicyclic) bond motifs is 4. The zero-order valence-corrected chi connectivity index (χ0v) is 47.0. The Morgan fingerprint density at radius 2 is 1.51 bits per heavy atom. The van der Waals surface area contributed by atoms with Crippen molar-refractivity contribution in [3.8, 4) is 11.5 Å². The summed E-state index contributed by atoms with van der Waals surface area (Å²) >= 11 is 1.56. The first-order valence-corrected chi connectivity index (χ1v) is 28.7. The molecule has 0 saturated carbocycles. The molecule has 1 aliphatic heterocycles. The third-order valence-electron chi connectivity index (χ3n) is 14.0. The van der Waals surface area contributed by atoms with Crippen LogP contribution in [0.15, 0.2) is 95.5 Å². The van der Waals surface area contributed by atoms with Gasteiger partial charge in [0.1, 0.15) is 41.7 Å². The molecule has 6 aromatic rings. The summed E-state index contributed by atoms with van der Waals surface area (Å²) in [5.41, 5.74) is 8.26. The molecule has 0 radical (unpaired) electrons. The molecule has 0 spiro atoms. The number of aryl methyl sites for hydroxylation is 1. The highest BCUT2D eigenvalue weighted by Gasteiger charge is 2.43. The van der Waals surface area contributed by atoms with E-state index < -0.39 is 38.1 Å². The summed E-state index contributed by atoms with van der Waals surface area (Å²) < 4.78 is 57.3. The fraction of sp³-hybridized carbons (Fsp3) is 0.466. The fourth-order valence-electron chi connectivity index (χ4n) is 9.48. The van der Waals surface area contributed by atoms with Crippen LogP contribution >= 0.6 is 11.3 Å². The number of carbonyl (C=O) groups is 3. The Kier molecular flexibility index (Phi) is 18.5. The lowest BCUT2D eigenvalue weighted by Crippen LogP contribution is -2.62. The Morgan fingerprint density at radius 1 is 0.792 bits per heavy atom. The number of likely N-dealkylation sites (N-methyl/N-ethyl adjacent to an activating group) is 1. The van der Waals surface area contributed by atoms with Crippen molar-refractivity contribution in [2.24, 2.45) is 5.41 Å². The average Bonchev–Trinajstić information content (AvgIpc) is 3.90. The Labute approximate surface area is 456 Å². The standard InChI is InChI=1S/C58H73N7O10S2/c1-37(59-8)54(66)64-53(57(2,3)4)56(68)65-35-40-30-42(18-16-39(40)31-49(65)55(67)63-45-15-11-13-38-12-9-10-14-43(38)45)74-28-26-72-24-22-71-23-25-73-27-29-75-50-34-47-44(33-52(50)77(69,70)58(5,6)7)46(20-21-60-47)62-41-17-19-51-48(32-41)61-36-76-51/h9-10,12,14,16-21,30,32-34,36-37,45,49,53,59H,11,13,15,22-29,31,35H2,1-8H3,(H,60,62)(H,63,67)(H,64,66)/t37-,45-,49-,53?/m0/s1. The molecule has 2 aliphatic rings. The number of thiazole rings is 1. The number of nitrogens with zero attached hydrogens (tertiary/aromatic N) is 3. The van der Waals surface area contributed by atoms with E-state index in [1.54, 1.807) is 74.8 Å². The van der Waals surface area contributed by atoms with Gasteiger partial charge >= 0.3 is 0 Å². The van der Waals surface area contributed by atoms with Crippen molar-refractivity contribution in [2.45, 2.75) is 115 Å². The van der Waals surface area contributed by atoms with Gasteiger partial charge in [0.2, 0.25) is 17.7 Å². The number of sulfone groups is 1. The molecule has 3 amide bonds. The fourth-order valence-corrected chi connectivity index (χ4v) is 11.5. The van der Waals surface area contributed by atoms with Crippen molar-refractivity contribution in [3.63, 3.8) is 0 Å². The van der Waals surface area contributed by atoms with Crippen LogP contribution < -0.4 is 30.7 Å². The lowest BCUT2D eigenvalue weighted by molar-refractivity contribution is -0.147. The van der Waals surface area contributed by atoms with E-state index in [2.05, 4.69) is 43.4 Å². The average molecular weight is 1090 g/mol. The molecule has 2 aromatic heterocycles. The molecule has 1 unspecified atom stereocenters. The van der Waals surface area contributed by atoms with Gasteiger partial charge in [-0.15, -0.1) is 11.3 Å². The Hall–Kier alpha value is -6.22. The van der Waals surface area contributed by atoms with E-state index in [1.165, 1.54) is 5.56 Å². The second kappa shape index (κ2) is 25.1. The van der Waals surface area contributed by atoms with Crippen LogP contribution in [-0.2, 0) is 57.8 Å². The zero-order chi connectivity index (χ0) is 54.9. The van der Waals surface area contributed by atoms with Crippen molar-refractivity contribution in [1.82, 2.24) is 30.8 Å². The van der Waals surface area contributed by atoms with Crippen LogP contribution in [0.2, 0.25) is 0 Å². The Balaban J connectivity index is 0.795. The monoisotopic (exact) mass is 1090 g/mol. The van der Waals surface area contributed by atoms with E-state index in [0.717, 1.165) is 51.9 Å². The topological polar surface area (TPSA) is 209 Å². The quantitative estimate of drug-likeness (QED) is 0.0446. The highest BCUT2D eigenvalue weighted by Crippen LogP contribution is 2.39. The SMILES string of the molecule is CN[C@@H](C)C(=O)NC(C(=O)N1Cc2cc(OCCOCCOCCOCCOc3cc4nccc(Nc5ccc6scnc6c5)c4cc3S(=O)(=O)C(C)(C)C)ccc2C[C@H]1C(=O)N[C@H]1CCCc2ccccc21)C(C)(C)C. The smallest absolute Gasteiger partial charge is 0.246 e. The summed E-state index contributed by atoms with van der Waals surface area (Å²) in [5.74, 6) is -0.0348. The maximum Gasteiger partial charge on any atom is 0.246 e. The molecule has 17 nitrogen and oxygen atoms in total. The highest BCUT2D eigenvalue weighted by atomic mass is 32.2. The number of ether oxygens (including phenoxy) is 5. The normalized spacial score (nSPS) is 16.5. The highest BCUT2D eigenvalue weighted by molar-refractivity contribution is 7.92. The number of nitrogens with one attached hydrogen (secondary N) is 4. The van der Waals surface area contributed by atoms with Gasteiger partial charge in [0, 0.05) is 42.0 Å². The van der Waals surface area contributed by atoms with Crippen molar-refractivity contribution in [1.29, 1.82) is 0 Å². The molecule has 0 bridgehead atoms. The minimum absolute atomic E-state index is 0.0750. The summed E-state index contributed by atoms with van der Waals surface area (Å²) in [5, 5.41) is 13.3. The summed E-state index contributed by atoms with van der Waals surface area (Å²) in [6.07, 6.45) is 4.71. The molecule has 0 saturated heterocycles. The van der Waals surface area contributed by atoms with Gasteiger partial charge in [-0.05, 0) is 124 Å². The van der Waals surface area contributed by atoms with E-state index in [0.29, 0.717) is 61.8 Å². The van der Waals surface area contributed by atoms with Crippen LogP contribution in [0.25, 0.3) is 21.1 Å². The van der Waals surface area contributed by atoms with Crippen LogP contribution in [0, 0.1) is 5.41 Å². The van der Waals surface area contributed by atoms with Gasteiger partial charge < -0.3 is 49.9 Å². The van der Waals surface area contributed by atoms with Gasteiger partial charge in [-0.1, -0.05) is 51.1 Å². The van der Waals surface area contributed by atoms with E-state index in [-0.39, 0.29) is 60.8 Å². The Morgan fingerprint density at radius 3 is 2.22 bits per heavy atom.